The van der Waals surface area contributed by atoms with Crippen LogP contribution >= 0.6 is 15.9 Å². The molecule has 0 unspecified atom stereocenters. The van der Waals surface area contributed by atoms with Gasteiger partial charge in [0, 0.05) is 4.47 Å². The maximum absolute atomic E-state index is 11.5. The molecule has 0 aromatic heterocycles. The van der Waals surface area contributed by atoms with Crippen molar-refractivity contribution in [1.29, 1.82) is 5.26 Å². The number of ether oxygens (including phenoxy) is 2. The van der Waals surface area contributed by atoms with Crippen LogP contribution < -0.4 is 4.74 Å². The van der Waals surface area contributed by atoms with Gasteiger partial charge in [-0.1, -0.05) is 22.0 Å². The molecule has 0 aliphatic rings. The van der Waals surface area contributed by atoms with E-state index in [9.17, 15) is 4.79 Å². The molecule has 0 saturated carbocycles. The second-order valence-corrected chi connectivity index (χ2v) is 4.45. The zero-order valence-corrected chi connectivity index (χ0v) is 11.9. The number of nitriles is 1. The molecule has 0 bridgehead atoms. The third-order valence-corrected chi connectivity index (χ3v) is 3.15. The molecule has 18 heavy (non-hydrogen) atoms. The van der Waals surface area contributed by atoms with Crippen LogP contribution in [-0.4, -0.2) is 19.7 Å². The van der Waals surface area contributed by atoms with Crippen LogP contribution in [0.2, 0.25) is 0 Å². The fraction of sp³-hybridized carbons (Fsp3) is 0.385. The predicted octanol–water partition coefficient (Wildman–Crippen LogP) is 2.70. The summed E-state index contributed by atoms with van der Waals surface area (Å²) in [7, 11) is 1.58. The second kappa shape index (κ2) is 7.02. The topological polar surface area (TPSA) is 59.3 Å². The van der Waals surface area contributed by atoms with Crippen LogP contribution in [0.25, 0.3) is 0 Å². The van der Waals surface area contributed by atoms with Crippen molar-refractivity contribution < 1.29 is 14.3 Å². The molecule has 0 amide bonds. The minimum atomic E-state index is -0.783. The normalized spacial score (nSPS) is 11.4. The van der Waals surface area contributed by atoms with Gasteiger partial charge in [-0.2, -0.15) is 5.26 Å². The van der Waals surface area contributed by atoms with Crippen LogP contribution in [0.4, 0.5) is 0 Å². The smallest absolute Gasteiger partial charge is 0.323 e. The van der Waals surface area contributed by atoms with Crippen molar-refractivity contribution in [3.63, 3.8) is 0 Å². The van der Waals surface area contributed by atoms with Gasteiger partial charge < -0.3 is 9.47 Å². The molecular weight excluding hydrogens is 298 g/mol. The number of methoxy groups -OCH3 is 1. The van der Waals surface area contributed by atoms with E-state index in [-0.39, 0.29) is 6.61 Å². The molecule has 4 nitrogen and oxygen atoms in total. The first-order valence-corrected chi connectivity index (χ1v) is 6.30. The summed E-state index contributed by atoms with van der Waals surface area (Å²) in [6, 6.07) is 7.38. The fourth-order valence-electron chi connectivity index (χ4n) is 1.46. The van der Waals surface area contributed by atoms with Gasteiger partial charge in [0.05, 0.1) is 19.8 Å². The molecule has 0 aliphatic heterocycles. The number of benzene rings is 1. The third-order valence-electron chi connectivity index (χ3n) is 2.41. The summed E-state index contributed by atoms with van der Waals surface area (Å²) in [5.41, 5.74) is 0.871. The van der Waals surface area contributed by atoms with Gasteiger partial charge in [-0.15, -0.1) is 0 Å². The molecule has 1 aromatic rings. The zero-order chi connectivity index (χ0) is 13.5. The number of hydrogen-bond donors (Lipinski definition) is 0. The van der Waals surface area contributed by atoms with Gasteiger partial charge in [-0.3, -0.25) is 4.79 Å². The summed E-state index contributed by atoms with van der Waals surface area (Å²) in [5.74, 6) is -0.548. The molecule has 5 heteroatoms. The first-order valence-electron chi connectivity index (χ1n) is 5.51. The summed E-state index contributed by atoms with van der Waals surface area (Å²) in [6.45, 7) is 2.00. The highest BCUT2D eigenvalue weighted by Crippen LogP contribution is 2.25. The van der Waals surface area contributed by atoms with Crippen LogP contribution in [-0.2, 0) is 16.0 Å². The first-order chi connectivity index (χ1) is 8.62. The zero-order valence-electron chi connectivity index (χ0n) is 10.3. The summed E-state index contributed by atoms with van der Waals surface area (Å²) in [6.07, 6.45) is 0.319. The molecule has 0 saturated heterocycles. The maximum atomic E-state index is 11.5. The Morgan fingerprint density at radius 3 is 2.78 bits per heavy atom. The Hall–Kier alpha value is -1.54. The highest BCUT2D eigenvalue weighted by molar-refractivity contribution is 9.10. The number of carbonyl (C=O) groups is 1. The van der Waals surface area contributed by atoms with Gasteiger partial charge in [-0.05, 0) is 31.0 Å². The molecule has 1 aromatic carbocycles. The number of hydrogen-bond acceptors (Lipinski definition) is 4. The Kier molecular flexibility index (Phi) is 5.66. The van der Waals surface area contributed by atoms with Crippen LogP contribution in [0.1, 0.15) is 12.5 Å². The van der Waals surface area contributed by atoms with E-state index in [1.165, 1.54) is 0 Å². The molecule has 1 rings (SSSR count). The maximum Gasteiger partial charge on any atom is 0.323 e. The van der Waals surface area contributed by atoms with Gasteiger partial charge >= 0.3 is 5.97 Å². The number of esters is 1. The Morgan fingerprint density at radius 2 is 2.28 bits per heavy atom. The van der Waals surface area contributed by atoms with E-state index >= 15 is 0 Å². The van der Waals surface area contributed by atoms with Gasteiger partial charge in [0.15, 0.2) is 0 Å². The second-order valence-electron chi connectivity index (χ2n) is 3.60. The van der Waals surface area contributed by atoms with E-state index in [2.05, 4.69) is 15.9 Å². The lowest BCUT2D eigenvalue weighted by Gasteiger charge is -2.10. The highest BCUT2D eigenvalue weighted by Gasteiger charge is 2.20. The van der Waals surface area contributed by atoms with E-state index in [1.807, 2.05) is 12.1 Å². The van der Waals surface area contributed by atoms with Crippen LogP contribution in [0, 0.1) is 17.2 Å². The van der Waals surface area contributed by atoms with E-state index in [4.69, 9.17) is 14.7 Å². The molecule has 0 spiro atoms. The van der Waals surface area contributed by atoms with Crippen LogP contribution in [0.5, 0.6) is 5.75 Å². The van der Waals surface area contributed by atoms with Crippen molar-refractivity contribution in [3.05, 3.63) is 28.2 Å². The van der Waals surface area contributed by atoms with Crippen molar-refractivity contribution in [1.82, 2.24) is 0 Å². The average Bonchev–Trinajstić information content (AvgIpc) is 2.37. The van der Waals surface area contributed by atoms with E-state index in [1.54, 1.807) is 26.2 Å². The van der Waals surface area contributed by atoms with Crippen molar-refractivity contribution >= 4 is 21.9 Å². The number of rotatable bonds is 5. The first kappa shape index (κ1) is 14.5. The molecule has 1 atom stereocenters. The third kappa shape index (κ3) is 3.74. The van der Waals surface area contributed by atoms with Gasteiger partial charge in [-0.25, -0.2) is 0 Å². The molecule has 0 N–H and O–H groups in total. The van der Waals surface area contributed by atoms with E-state index in [0.717, 1.165) is 15.8 Å². The van der Waals surface area contributed by atoms with Gasteiger partial charge in [0.2, 0.25) is 0 Å². The Balaban J connectivity index is 2.83. The fourth-order valence-corrected chi connectivity index (χ4v) is 1.98. The van der Waals surface area contributed by atoms with Crippen molar-refractivity contribution in [2.24, 2.45) is 5.92 Å². The highest BCUT2D eigenvalue weighted by atomic mass is 79.9. The predicted molar refractivity (Wildman–Crippen MR) is 70.1 cm³/mol. The summed E-state index contributed by atoms with van der Waals surface area (Å²) in [5, 5.41) is 8.99. The van der Waals surface area contributed by atoms with Crippen molar-refractivity contribution in [3.8, 4) is 11.8 Å². The number of halogens is 1. The SMILES string of the molecule is CCOC(=O)[C@@H](C#N)Cc1ccc(OC)cc1Br. The molecule has 0 aliphatic carbocycles. The lowest BCUT2D eigenvalue weighted by Crippen LogP contribution is -2.18. The Morgan fingerprint density at radius 1 is 1.56 bits per heavy atom. The monoisotopic (exact) mass is 311 g/mol. The van der Waals surface area contributed by atoms with E-state index in [0.29, 0.717) is 6.42 Å². The lowest BCUT2D eigenvalue weighted by molar-refractivity contribution is -0.145. The molecule has 0 fully saturated rings. The minimum Gasteiger partial charge on any atom is -0.497 e. The quantitative estimate of drug-likeness (QED) is 0.784. The molecule has 0 heterocycles. The summed E-state index contributed by atoms with van der Waals surface area (Å²) < 4.78 is 10.7. The van der Waals surface area contributed by atoms with Crippen LogP contribution in [0.15, 0.2) is 22.7 Å². The van der Waals surface area contributed by atoms with Crippen molar-refractivity contribution in [2.45, 2.75) is 13.3 Å². The largest absolute Gasteiger partial charge is 0.497 e. The number of nitrogens with zero attached hydrogens (tertiary/aromatic N) is 1. The molecule has 96 valence electrons. The Labute approximate surface area is 115 Å². The minimum absolute atomic E-state index is 0.279. The summed E-state index contributed by atoms with van der Waals surface area (Å²) in [4.78, 5) is 11.5. The van der Waals surface area contributed by atoms with Gasteiger partial charge in [0.25, 0.3) is 0 Å². The van der Waals surface area contributed by atoms with Crippen molar-refractivity contribution in [2.75, 3.05) is 13.7 Å². The Bertz CT molecular complexity index is 468. The molecule has 0 radical (unpaired) electrons. The van der Waals surface area contributed by atoms with Gasteiger partial charge in [0.1, 0.15) is 11.7 Å². The lowest BCUT2D eigenvalue weighted by atomic mass is 10.0. The van der Waals surface area contributed by atoms with Crippen LogP contribution in [0.3, 0.4) is 0 Å². The van der Waals surface area contributed by atoms with E-state index < -0.39 is 11.9 Å². The number of carbonyl (C=O) groups excluding carboxylic acids is 1. The average molecular weight is 312 g/mol. The standard InChI is InChI=1S/C13H14BrNO3/c1-3-18-13(16)10(8-15)6-9-4-5-11(17-2)7-12(9)14/h4-5,7,10H,3,6H2,1-2H3/t10-/m1/s1. The molecular formula is C13H14BrNO3. The summed E-state index contributed by atoms with van der Waals surface area (Å²) >= 11 is 3.39.